The average Bonchev–Trinajstić information content (AvgIpc) is 2.82. The zero-order valence-corrected chi connectivity index (χ0v) is 12.9. The van der Waals surface area contributed by atoms with Gasteiger partial charge in [0.15, 0.2) is 5.78 Å². The van der Waals surface area contributed by atoms with Crippen LogP contribution in [0.1, 0.15) is 43.7 Å². The van der Waals surface area contributed by atoms with Crippen molar-refractivity contribution in [1.29, 1.82) is 0 Å². The van der Waals surface area contributed by atoms with E-state index in [9.17, 15) is 15.0 Å². The summed E-state index contributed by atoms with van der Waals surface area (Å²) >= 11 is 0. The number of aromatic hydroxyl groups is 1. The second kappa shape index (κ2) is 4.87. The summed E-state index contributed by atoms with van der Waals surface area (Å²) < 4.78 is 0. The second-order valence-electron chi connectivity index (χ2n) is 7.05. The van der Waals surface area contributed by atoms with Crippen LogP contribution in [-0.2, 0) is 11.2 Å². The SMILES string of the molecule is CCc1ccc(O)cc1C1=C(O)C2C(C1=O)[C@H]1CC[C@@H]2CC1. The molecule has 4 aliphatic carbocycles. The van der Waals surface area contributed by atoms with E-state index in [0.29, 0.717) is 23.2 Å². The molecule has 0 heterocycles. The lowest BCUT2D eigenvalue weighted by molar-refractivity contribution is -0.123. The van der Waals surface area contributed by atoms with Gasteiger partial charge in [-0.05, 0) is 67.2 Å². The standard InChI is InChI=1S/C19H22O3/c1-2-10-7-8-13(20)9-14(10)17-18(21)15-11-3-4-12(6-5-11)16(15)19(17)22/h7-9,11-12,15-16,20-21H,2-6H2,1H3/t11-,12+,15?,16?. The Kier molecular flexibility index (Phi) is 3.07. The number of hydrogen-bond acceptors (Lipinski definition) is 3. The number of Topliss-reactive ketones (excluding diaryl/α,β-unsaturated/α-hetero) is 1. The van der Waals surface area contributed by atoms with Crippen LogP contribution in [-0.4, -0.2) is 16.0 Å². The van der Waals surface area contributed by atoms with Gasteiger partial charge in [0.05, 0.1) is 5.57 Å². The van der Waals surface area contributed by atoms with Crippen LogP contribution in [0.5, 0.6) is 5.75 Å². The Morgan fingerprint density at radius 1 is 1.05 bits per heavy atom. The van der Waals surface area contributed by atoms with Gasteiger partial charge in [0.2, 0.25) is 0 Å². The van der Waals surface area contributed by atoms with Crippen molar-refractivity contribution in [1.82, 2.24) is 0 Å². The lowest BCUT2D eigenvalue weighted by Gasteiger charge is -2.44. The van der Waals surface area contributed by atoms with E-state index in [1.165, 1.54) is 0 Å². The summed E-state index contributed by atoms with van der Waals surface area (Å²) in [6.45, 7) is 2.03. The molecule has 2 N–H and O–H groups in total. The number of aryl methyl sites for hydroxylation is 1. The normalized spacial score (nSPS) is 33.4. The van der Waals surface area contributed by atoms with Crippen LogP contribution < -0.4 is 0 Å². The van der Waals surface area contributed by atoms with Crippen molar-refractivity contribution in [2.75, 3.05) is 0 Å². The number of allylic oxidation sites excluding steroid dienone is 2. The van der Waals surface area contributed by atoms with E-state index in [4.69, 9.17) is 0 Å². The minimum atomic E-state index is -0.0189. The highest BCUT2D eigenvalue weighted by molar-refractivity contribution is 6.25. The number of hydrogen-bond donors (Lipinski definition) is 2. The van der Waals surface area contributed by atoms with Crippen molar-refractivity contribution in [2.24, 2.45) is 23.7 Å². The van der Waals surface area contributed by atoms with E-state index < -0.39 is 0 Å². The molecule has 1 aromatic rings. The van der Waals surface area contributed by atoms with Crippen molar-refractivity contribution in [3.05, 3.63) is 35.1 Å². The Bertz CT molecular complexity index is 665. The third kappa shape index (κ3) is 1.77. The molecule has 5 rings (SSSR count). The zero-order valence-electron chi connectivity index (χ0n) is 12.9. The number of phenols is 1. The fourth-order valence-corrected chi connectivity index (χ4v) is 5.06. The van der Waals surface area contributed by atoms with Crippen molar-refractivity contribution < 1.29 is 15.0 Å². The summed E-state index contributed by atoms with van der Waals surface area (Å²) in [5.74, 6) is 1.46. The van der Waals surface area contributed by atoms with Crippen LogP contribution in [0.4, 0.5) is 0 Å². The van der Waals surface area contributed by atoms with Gasteiger partial charge >= 0.3 is 0 Å². The minimum Gasteiger partial charge on any atom is -0.511 e. The van der Waals surface area contributed by atoms with E-state index >= 15 is 0 Å². The number of benzene rings is 1. The lowest BCUT2D eigenvalue weighted by atomic mass is 9.59. The number of aliphatic hydroxyl groups excluding tert-OH is 1. The maximum atomic E-state index is 13.0. The van der Waals surface area contributed by atoms with Crippen LogP contribution in [0.15, 0.2) is 24.0 Å². The number of carbonyl (C=O) groups is 1. The van der Waals surface area contributed by atoms with Crippen molar-refractivity contribution in [3.63, 3.8) is 0 Å². The summed E-state index contributed by atoms with van der Waals surface area (Å²) in [6, 6.07) is 5.15. The second-order valence-corrected chi connectivity index (χ2v) is 7.05. The van der Waals surface area contributed by atoms with Crippen LogP contribution in [0.3, 0.4) is 0 Å². The maximum absolute atomic E-state index is 13.0. The number of phenolic OH excluding ortho intramolecular Hbond substituents is 1. The van der Waals surface area contributed by atoms with Crippen LogP contribution in [0.25, 0.3) is 5.57 Å². The molecule has 0 aromatic heterocycles. The summed E-state index contributed by atoms with van der Waals surface area (Å²) in [7, 11) is 0. The van der Waals surface area contributed by atoms with E-state index in [1.807, 2.05) is 13.0 Å². The number of ketones is 1. The number of fused-ring (bicyclic) bond motifs is 2. The number of rotatable bonds is 2. The van der Waals surface area contributed by atoms with Gasteiger partial charge in [-0.1, -0.05) is 13.0 Å². The molecule has 0 spiro atoms. The topological polar surface area (TPSA) is 57.5 Å². The van der Waals surface area contributed by atoms with Gasteiger partial charge in [0.25, 0.3) is 0 Å². The van der Waals surface area contributed by atoms with Crippen molar-refractivity contribution >= 4 is 11.4 Å². The molecule has 3 heteroatoms. The third-order valence-electron chi connectivity index (χ3n) is 6.08. The fourth-order valence-electron chi connectivity index (χ4n) is 5.06. The molecule has 0 amide bonds. The quantitative estimate of drug-likeness (QED) is 0.871. The highest BCUT2D eigenvalue weighted by atomic mass is 16.3. The van der Waals surface area contributed by atoms with Gasteiger partial charge in [-0.25, -0.2) is 0 Å². The van der Waals surface area contributed by atoms with E-state index in [1.54, 1.807) is 12.1 Å². The first-order chi connectivity index (χ1) is 10.6. The molecule has 0 saturated heterocycles. The smallest absolute Gasteiger partial charge is 0.170 e. The molecular weight excluding hydrogens is 276 g/mol. The summed E-state index contributed by atoms with van der Waals surface area (Å²) in [5.41, 5.74) is 2.24. The maximum Gasteiger partial charge on any atom is 0.170 e. The molecule has 3 nitrogen and oxygen atoms in total. The number of aliphatic hydroxyl groups is 1. The predicted molar refractivity (Wildman–Crippen MR) is 84.5 cm³/mol. The van der Waals surface area contributed by atoms with Gasteiger partial charge in [0, 0.05) is 11.8 Å². The molecule has 2 atom stereocenters. The van der Waals surface area contributed by atoms with Gasteiger partial charge in [-0.2, -0.15) is 0 Å². The van der Waals surface area contributed by atoms with Crippen LogP contribution >= 0.6 is 0 Å². The first kappa shape index (κ1) is 13.9. The molecule has 4 aliphatic rings. The van der Waals surface area contributed by atoms with Gasteiger partial charge < -0.3 is 10.2 Å². The largest absolute Gasteiger partial charge is 0.511 e. The van der Waals surface area contributed by atoms with E-state index in [0.717, 1.165) is 43.2 Å². The minimum absolute atomic E-state index is 0.0189. The molecule has 2 bridgehead atoms. The Balaban J connectivity index is 1.85. The van der Waals surface area contributed by atoms with Crippen molar-refractivity contribution in [3.8, 4) is 5.75 Å². The highest BCUT2D eigenvalue weighted by Gasteiger charge is 2.54. The van der Waals surface area contributed by atoms with Gasteiger partial charge in [0.1, 0.15) is 11.5 Å². The van der Waals surface area contributed by atoms with Crippen LogP contribution in [0, 0.1) is 23.7 Å². The summed E-state index contributed by atoms with van der Waals surface area (Å²) in [6.07, 6.45) is 5.30. The molecular formula is C19H22O3. The molecule has 22 heavy (non-hydrogen) atoms. The number of carbonyl (C=O) groups excluding carboxylic acids is 1. The fraction of sp³-hybridized carbons (Fsp3) is 0.526. The lowest BCUT2D eigenvalue weighted by Crippen LogP contribution is -2.41. The van der Waals surface area contributed by atoms with E-state index in [2.05, 4.69) is 0 Å². The Hall–Kier alpha value is -1.77. The molecule has 3 fully saturated rings. The predicted octanol–water partition coefficient (Wildman–Crippen LogP) is 3.86. The average molecular weight is 298 g/mol. The molecule has 0 radical (unpaired) electrons. The Labute approximate surface area is 130 Å². The van der Waals surface area contributed by atoms with Gasteiger partial charge in [-0.15, -0.1) is 0 Å². The first-order valence-electron chi connectivity index (χ1n) is 8.41. The molecule has 1 aromatic carbocycles. The molecule has 3 saturated carbocycles. The van der Waals surface area contributed by atoms with Gasteiger partial charge in [-0.3, -0.25) is 4.79 Å². The van der Waals surface area contributed by atoms with Crippen molar-refractivity contribution in [2.45, 2.75) is 39.0 Å². The first-order valence-corrected chi connectivity index (χ1v) is 8.41. The molecule has 116 valence electrons. The highest BCUT2D eigenvalue weighted by Crippen LogP contribution is 2.57. The third-order valence-corrected chi connectivity index (χ3v) is 6.08. The monoisotopic (exact) mass is 298 g/mol. The summed E-state index contributed by atoms with van der Waals surface area (Å²) in [4.78, 5) is 13.0. The zero-order chi connectivity index (χ0) is 15.4. The Morgan fingerprint density at radius 3 is 2.27 bits per heavy atom. The van der Waals surface area contributed by atoms with Crippen LogP contribution in [0.2, 0.25) is 0 Å². The Morgan fingerprint density at radius 2 is 1.68 bits per heavy atom. The van der Waals surface area contributed by atoms with E-state index in [-0.39, 0.29) is 23.4 Å². The summed E-state index contributed by atoms with van der Waals surface area (Å²) in [5, 5.41) is 20.6. The molecule has 2 unspecified atom stereocenters. The molecule has 0 aliphatic heterocycles.